The summed E-state index contributed by atoms with van der Waals surface area (Å²) in [6.45, 7) is 2.25. The zero-order valence-corrected chi connectivity index (χ0v) is 20.6. The minimum Gasteiger partial charge on any atom is -0.285 e. The van der Waals surface area contributed by atoms with Gasteiger partial charge < -0.3 is 0 Å². The van der Waals surface area contributed by atoms with E-state index in [2.05, 4.69) is 19.1 Å². The molecular formula is C19H34I2O3S. The van der Waals surface area contributed by atoms with Gasteiger partial charge in [-0.15, -0.1) is 0 Å². The van der Waals surface area contributed by atoms with Crippen LogP contribution in [0.4, 0.5) is 0 Å². The van der Waals surface area contributed by atoms with Crippen molar-refractivity contribution >= 4 is 59.1 Å². The van der Waals surface area contributed by atoms with Crippen molar-refractivity contribution in [1.29, 1.82) is 0 Å². The topological polar surface area (TPSA) is 54.4 Å². The van der Waals surface area contributed by atoms with E-state index in [1.54, 1.807) is 0 Å². The molecule has 1 heterocycles. The maximum Gasteiger partial charge on any atom is 0.272 e. The SMILES string of the molecule is CCCCCCCCCCCCCCC(C1=IC=CI=C1)S(=O)(=O)O. The van der Waals surface area contributed by atoms with E-state index < -0.39 is 15.4 Å². The molecule has 0 amide bonds. The largest absolute Gasteiger partial charge is 0.285 e. The van der Waals surface area contributed by atoms with Gasteiger partial charge in [-0.05, 0) is 18.6 Å². The molecule has 1 N–H and O–H groups in total. The molecule has 25 heavy (non-hydrogen) atoms. The highest BCUT2D eigenvalue weighted by Gasteiger charge is 2.26. The molecule has 0 aromatic heterocycles. The quantitative estimate of drug-likeness (QED) is 0.130. The summed E-state index contributed by atoms with van der Waals surface area (Å²) in [4.78, 5) is 0. The van der Waals surface area contributed by atoms with Gasteiger partial charge in [0.05, 0.1) is 0 Å². The smallest absolute Gasteiger partial charge is 0.272 e. The van der Waals surface area contributed by atoms with Gasteiger partial charge in [0.1, 0.15) is 5.25 Å². The molecule has 0 spiro atoms. The van der Waals surface area contributed by atoms with E-state index in [9.17, 15) is 13.0 Å². The fourth-order valence-electron chi connectivity index (χ4n) is 2.98. The summed E-state index contributed by atoms with van der Waals surface area (Å²) >= 11 is -0.467. The molecule has 1 rings (SSSR count). The van der Waals surface area contributed by atoms with Crippen LogP contribution in [0.25, 0.3) is 0 Å². The van der Waals surface area contributed by atoms with E-state index in [1.807, 2.05) is 0 Å². The maximum atomic E-state index is 11.7. The van der Waals surface area contributed by atoms with Crippen LogP contribution in [0.5, 0.6) is 0 Å². The Bertz CT molecular complexity index is 539. The fraction of sp³-hybridized carbons (Fsp3) is 0.789. The second-order valence-electron chi connectivity index (χ2n) is 6.66. The Kier molecular flexibility index (Phi) is 14.2. The van der Waals surface area contributed by atoms with Gasteiger partial charge in [0.25, 0.3) is 10.1 Å². The van der Waals surface area contributed by atoms with E-state index in [-0.39, 0.29) is 41.5 Å². The van der Waals surface area contributed by atoms with Gasteiger partial charge in [-0.1, -0.05) is 125 Å². The fourth-order valence-corrected chi connectivity index (χ4v) is 11.7. The number of rotatable bonds is 15. The summed E-state index contributed by atoms with van der Waals surface area (Å²) in [5, 5.41) is -0.618. The van der Waals surface area contributed by atoms with E-state index in [1.165, 1.54) is 64.2 Å². The Balaban J connectivity index is 2.08. The molecule has 1 unspecified atom stereocenters. The molecule has 0 aliphatic carbocycles. The van der Waals surface area contributed by atoms with Crippen LogP contribution in [0.3, 0.4) is 0 Å². The van der Waals surface area contributed by atoms with Crippen molar-refractivity contribution in [2.24, 2.45) is 0 Å². The number of unbranched alkanes of at least 4 members (excludes halogenated alkanes) is 11. The Morgan fingerprint density at radius 1 is 0.880 bits per heavy atom. The standard InChI is InChI=1S/C19H34I2O3S/c1-2-3-4-5-6-7-8-9-10-11-12-13-14-19(25(22,23)24)18-17-20-15-16-21-18/h15-17,19H,2-14H2,1H3,(H,22,23,24). The zero-order chi connectivity index (χ0) is 18.4. The first-order valence-corrected chi connectivity index (χ1v) is 15.9. The Morgan fingerprint density at radius 3 is 1.84 bits per heavy atom. The Morgan fingerprint density at radius 2 is 1.40 bits per heavy atom. The maximum absolute atomic E-state index is 11.7. The average molecular weight is 596 g/mol. The van der Waals surface area contributed by atoms with Crippen molar-refractivity contribution in [3.63, 3.8) is 0 Å². The summed E-state index contributed by atoms with van der Waals surface area (Å²) < 4.78 is 40.4. The molecule has 0 saturated carbocycles. The number of hydrogen-bond acceptors (Lipinski definition) is 2. The molecule has 0 radical (unpaired) electrons. The first-order valence-electron chi connectivity index (χ1n) is 9.62. The van der Waals surface area contributed by atoms with Crippen molar-refractivity contribution in [2.45, 2.75) is 95.6 Å². The van der Waals surface area contributed by atoms with Crippen LogP contribution in [0.2, 0.25) is 0 Å². The third-order valence-electron chi connectivity index (χ3n) is 4.46. The van der Waals surface area contributed by atoms with E-state index in [4.69, 9.17) is 0 Å². The van der Waals surface area contributed by atoms with Crippen molar-refractivity contribution in [2.75, 3.05) is 0 Å². The number of hydrogen-bond donors (Lipinski definition) is 1. The third-order valence-corrected chi connectivity index (χ3v) is 13.0. The summed E-state index contributed by atoms with van der Waals surface area (Å²) in [5.74, 6) is 0. The van der Waals surface area contributed by atoms with Gasteiger partial charge in [0.2, 0.25) is 0 Å². The zero-order valence-electron chi connectivity index (χ0n) is 15.4. The molecule has 1 atom stereocenters. The predicted octanol–water partition coefficient (Wildman–Crippen LogP) is 6.73. The predicted molar refractivity (Wildman–Crippen MR) is 129 cm³/mol. The molecule has 3 nitrogen and oxygen atoms in total. The van der Waals surface area contributed by atoms with Crippen LogP contribution >= 0.6 is 41.5 Å². The molecule has 0 saturated heterocycles. The molecule has 0 fully saturated rings. The van der Waals surface area contributed by atoms with Crippen LogP contribution in [0.15, 0.2) is 8.17 Å². The van der Waals surface area contributed by atoms with Gasteiger partial charge in [0, 0.05) is 3.51 Å². The molecule has 148 valence electrons. The number of halogens is 2. The van der Waals surface area contributed by atoms with E-state index >= 15 is 0 Å². The lowest BCUT2D eigenvalue weighted by atomic mass is 10.0. The summed E-state index contributed by atoms with van der Waals surface area (Å²) in [7, 11) is -3.94. The van der Waals surface area contributed by atoms with E-state index in [0.29, 0.717) is 6.42 Å². The summed E-state index contributed by atoms with van der Waals surface area (Å²) in [6.07, 6.45) is 15.9. The minimum atomic E-state index is -3.94. The molecule has 1 aliphatic rings. The molecular weight excluding hydrogens is 562 g/mol. The van der Waals surface area contributed by atoms with Gasteiger partial charge in [0.15, 0.2) is 0 Å². The molecule has 0 aromatic carbocycles. The lowest BCUT2D eigenvalue weighted by Crippen LogP contribution is -2.29. The van der Waals surface area contributed by atoms with Crippen molar-refractivity contribution < 1.29 is 13.0 Å². The second-order valence-corrected chi connectivity index (χ2v) is 12.9. The monoisotopic (exact) mass is 596 g/mol. The van der Waals surface area contributed by atoms with Crippen molar-refractivity contribution in [1.82, 2.24) is 0 Å². The third kappa shape index (κ3) is 12.0. The van der Waals surface area contributed by atoms with Crippen LogP contribution in [0.1, 0.15) is 90.4 Å². The summed E-state index contributed by atoms with van der Waals surface area (Å²) in [6, 6.07) is 0. The lowest BCUT2D eigenvalue weighted by molar-refractivity contribution is 0.471. The first-order chi connectivity index (χ1) is 12.1. The normalized spacial score (nSPS) is 16.0. The second kappa shape index (κ2) is 14.9. The van der Waals surface area contributed by atoms with E-state index in [0.717, 1.165) is 16.4 Å². The van der Waals surface area contributed by atoms with Crippen LogP contribution in [-0.2, 0) is 10.1 Å². The summed E-state index contributed by atoms with van der Waals surface area (Å²) in [5.41, 5.74) is 0. The van der Waals surface area contributed by atoms with Gasteiger partial charge >= 0.3 is 0 Å². The molecule has 1 aliphatic heterocycles. The van der Waals surface area contributed by atoms with Crippen LogP contribution < -0.4 is 0 Å². The van der Waals surface area contributed by atoms with Crippen molar-refractivity contribution in [3.8, 4) is 0 Å². The Labute approximate surface area is 174 Å². The van der Waals surface area contributed by atoms with Crippen molar-refractivity contribution in [3.05, 3.63) is 8.17 Å². The minimum absolute atomic E-state index is 0.136. The van der Waals surface area contributed by atoms with Crippen LogP contribution in [-0.4, -0.2) is 25.7 Å². The average Bonchev–Trinajstić information content (AvgIpc) is 2.58. The van der Waals surface area contributed by atoms with Gasteiger partial charge in [-0.25, -0.2) is 0 Å². The molecule has 0 aromatic rings. The van der Waals surface area contributed by atoms with Gasteiger partial charge in [-0.2, -0.15) is 8.42 Å². The highest BCUT2D eigenvalue weighted by molar-refractivity contribution is 14.2. The first kappa shape index (κ1) is 23.9. The molecule has 0 bridgehead atoms. The Hall–Kier alpha value is 0.850. The van der Waals surface area contributed by atoms with Crippen LogP contribution in [0, 0.1) is 0 Å². The molecule has 6 heteroatoms. The highest BCUT2D eigenvalue weighted by atomic mass is 127. The van der Waals surface area contributed by atoms with Gasteiger partial charge in [-0.3, -0.25) is 4.55 Å². The highest BCUT2D eigenvalue weighted by Crippen LogP contribution is 2.23. The lowest BCUT2D eigenvalue weighted by Gasteiger charge is -2.15.